The molecular formula is C13H23NO4. The summed E-state index contributed by atoms with van der Waals surface area (Å²) in [4.78, 5) is 24.4. The normalized spacial score (nSPS) is 19.8. The Hall–Kier alpha value is -1.10. The maximum atomic E-state index is 12.0. The molecule has 1 aliphatic heterocycles. The predicted molar refractivity (Wildman–Crippen MR) is 67.3 cm³/mol. The van der Waals surface area contributed by atoms with Crippen LogP contribution in [0, 0.1) is 0 Å². The summed E-state index contributed by atoms with van der Waals surface area (Å²) in [7, 11) is 0. The van der Waals surface area contributed by atoms with Crippen LogP contribution in [0.2, 0.25) is 0 Å². The molecule has 0 aromatic rings. The molecule has 1 N–H and O–H groups in total. The maximum absolute atomic E-state index is 12.0. The van der Waals surface area contributed by atoms with Gasteiger partial charge in [0.15, 0.2) is 0 Å². The number of carbonyl (C=O) groups excluding carboxylic acids is 1. The molecule has 1 atom stereocenters. The number of ether oxygens (including phenoxy) is 1. The summed E-state index contributed by atoms with van der Waals surface area (Å²) in [5.41, 5.74) is 0. The van der Waals surface area contributed by atoms with Crippen LogP contribution in [0.5, 0.6) is 0 Å². The smallest absolute Gasteiger partial charge is 0.303 e. The number of amides is 1. The van der Waals surface area contributed by atoms with E-state index in [2.05, 4.69) is 0 Å². The van der Waals surface area contributed by atoms with Gasteiger partial charge in [-0.15, -0.1) is 0 Å². The summed E-state index contributed by atoms with van der Waals surface area (Å²) >= 11 is 0. The number of hydrogen-bond donors (Lipinski definition) is 1. The largest absolute Gasteiger partial charge is 0.481 e. The average molecular weight is 257 g/mol. The molecule has 1 amide bonds. The lowest BCUT2D eigenvalue weighted by Gasteiger charge is -2.35. The van der Waals surface area contributed by atoms with Crippen LogP contribution < -0.4 is 0 Å². The molecule has 18 heavy (non-hydrogen) atoms. The van der Waals surface area contributed by atoms with Crippen molar-refractivity contribution < 1.29 is 19.4 Å². The van der Waals surface area contributed by atoms with Gasteiger partial charge in [0.1, 0.15) is 6.61 Å². The van der Waals surface area contributed by atoms with Gasteiger partial charge < -0.3 is 14.7 Å². The van der Waals surface area contributed by atoms with Crippen molar-refractivity contribution in [3.63, 3.8) is 0 Å². The molecule has 0 spiro atoms. The first-order valence-electron chi connectivity index (χ1n) is 6.74. The highest BCUT2D eigenvalue weighted by atomic mass is 16.5. The molecule has 5 heteroatoms. The second kappa shape index (κ2) is 8.08. The molecule has 0 aliphatic carbocycles. The van der Waals surface area contributed by atoms with Crippen molar-refractivity contribution in [2.45, 2.75) is 51.5 Å². The second-order valence-electron chi connectivity index (χ2n) is 4.72. The molecule has 0 aromatic heterocycles. The summed E-state index contributed by atoms with van der Waals surface area (Å²) < 4.78 is 5.26. The third kappa shape index (κ3) is 5.04. The van der Waals surface area contributed by atoms with Gasteiger partial charge in [0.05, 0.1) is 0 Å². The van der Waals surface area contributed by atoms with Crippen molar-refractivity contribution in [2.75, 3.05) is 19.8 Å². The number of carbonyl (C=O) groups is 2. The van der Waals surface area contributed by atoms with Gasteiger partial charge in [-0.3, -0.25) is 9.59 Å². The minimum absolute atomic E-state index is 0.00135. The van der Waals surface area contributed by atoms with Gasteiger partial charge in [-0.25, -0.2) is 0 Å². The third-order valence-corrected chi connectivity index (χ3v) is 3.21. The molecule has 1 rings (SSSR count). The summed E-state index contributed by atoms with van der Waals surface area (Å²) in [5, 5.41) is 8.71. The molecule has 0 radical (unpaired) electrons. The summed E-state index contributed by atoms with van der Waals surface area (Å²) in [5.74, 6) is -0.797. The Bertz CT molecular complexity index is 280. The molecule has 0 bridgehead atoms. The van der Waals surface area contributed by atoms with E-state index in [4.69, 9.17) is 9.84 Å². The SMILES string of the molecule is CCCOCC(=O)N1CCCCC1CCC(=O)O. The van der Waals surface area contributed by atoms with E-state index < -0.39 is 5.97 Å². The van der Waals surface area contributed by atoms with Crippen LogP contribution in [0.3, 0.4) is 0 Å². The number of carboxylic acid groups (broad SMARTS) is 1. The number of carboxylic acids is 1. The van der Waals surface area contributed by atoms with Crippen LogP contribution in [0.25, 0.3) is 0 Å². The highest BCUT2D eigenvalue weighted by molar-refractivity contribution is 5.78. The zero-order chi connectivity index (χ0) is 13.4. The number of piperidine rings is 1. The lowest BCUT2D eigenvalue weighted by molar-refractivity contribution is -0.142. The first kappa shape index (κ1) is 15.0. The van der Waals surface area contributed by atoms with E-state index >= 15 is 0 Å². The molecular weight excluding hydrogens is 234 g/mol. The monoisotopic (exact) mass is 257 g/mol. The van der Waals surface area contributed by atoms with Crippen molar-refractivity contribution in [3.05, 3.63) is 0 Å². The Labute approximate surface area is 108 Å². The Morgan fingerprint density at radius 1 is 1.39 bits per heavy atom. The Morgan fingerprint density at radius 3 is 2.83 bits per heavy atom. The number of hydrogen-bond acceptors (Lipinski definition) is 3. The van der Waals surface area contributed by atoms with E-state index in [9.17, 15) is 9.59 Å². The van der Waals surface area contributed by atoms with Crippen molar-refractivity contribution in [1.29, 1.82) is 0 Å². The topological polar surface area (TPSA) is 66.8 Å². The minimum Gasteiger partial charge on any atom is -0.481 e. The summed E-state index contributed by atoms with van der Waals surface area (Å²) in [6, 6.07) is 0.0765. The molecule has 1 aliphatic rings. The minimum atomic E-state index is -0.796. The van der Waals surface area contributed by atoms with Crippen molar-refractivity contribution >= 4 is 11.9 Å². The molecule has 1 saturated heterocycles. The number of nitrogens with zero attached hydrogens (tertiary/aromatic N) is 1. The Morgan fingerprint density at radius 2 is 2.17 bits per heavy atom. The molecule has 1 heterocycles. The standard InChI is InChI=1S/C13H23NO4/c1-2-9-18-10-12(15)14-8-4-3-5-11(14)6-7-13(16)17/h11H,2-10H2,1H3,(H,16,17). The summed E-state index contributed by atoms with van der Waals surface area (Å²) in [6.45, 7) is 3.45. The maximum Gasteiger partial charge on any atom is 0.303 e. The zero-order valence-corrected chi connectivity index (χ0v) is 11.1. The van der Waals surface area contributed by atoms with Crippen molar-refractivity contribution in [2.24, 2.45) is 0 Å². The Kier molecular flexibility index (Phi) is 6.72. The van der Waals surface area contributed by atoms with E-state index in [-0.39, 0.29) is 25.0 Å². The van der Waals surface area contributed by atoms with Crippen molar-refractivity contribution in [3.8, 4) is 0 Å². The lowest BCUT2D eigenvalue weighted by Crippen LogP contribution is -2.45. The van der Waals surface area contributed by atoms with E-state index in [0.29, 0.717) is 13.0 Å². The van der Waals surface area contributed by atoms with Gasteiger partial charge in [-0.1, -0.05) is 6.92 Å². The molecule has 5 nitrogen and oxygen atoms in total. The first-order chi connectivity index (χ1) is 8.65. The van der Waals surface area contributed by atoms with Gasteiger partial charge in [0, 0.05) is 25.6 Å². The fraction of sp³-hybridized carbons (Fsp3) is 0.846. The number of aliphatic carboxylic acids is 1. The second-order valence-corrected chi connectivity index (χ2v) is 4.72. The molecule has 0 saturated carbocycles. The molecule has 0 aromatic carbocycles. The van der Waals surface area contributed by atoms with Crippen LogP contribution in [-0.4, -0.2) is 47.7 Å². The first-order valence-corrected chi connectivity index (χ1v) is 6.74. The number of likely N-dealkylation sites (tertiary alicyclic amines) is 1. The van der Waals surface area contributed by atoms with Crippen LogP contribution in [0.15, 0.2) is 0 Å². The summed E-state index contributed by atoms with van der Waals surface area (Å²) in [6.07, 6.45) is 4.56. The zero-order valence-electron chi connectivity index (χ0n) is 11.1. The van der Waals surface area contributed by atoms with Gasteiger partial charge in [-0.2, -0.15) is 0 Å². The Balaban J connectivity index is 2.42. The molecule has 1 fully saturated rings. The van der Waals surface area contributed by atoms with E-state index in [1.165, 1.54) is 0 Å². The quantitative estimate of drug-likeness (QED) is 0.704. The van der Waals surface area contributed by atoms with Crippen LogP contribution in [0.1, 0.15) is 45.4 Å². The highest BCUT2D eigenvalue weighted by Gasteiger charge is 2.26. The third-order valence-electron chi connectivity index (χ3n) is 3.21. The lowest BCUT2D eigenvalue weighted by atomic mass is 9.98. The van der Waals surface area contributed by atoms with E-state index in [1.807, 2.05) is 11.8 Å². The average Bonchev–Trinajstić information content (AvgIpc) is 2.37. The van der Waals surface area contributed by atoms with Crippen LogP contribution in [-0.2, 0) is 14.3 Å². The van der Waals surface area contributed by atoms with E-state index in [1.54, 1.807) is 0 Å². The van der Waals surface area contributed by atoms with Crippen LogP contribution in [0.4, 0.5) is 0 Å². The molecule has 1 unspecified atom stereocenters. The van der Waals surface area contributed by atoms with Crippen molar-refractivity contribution in [1.82, 2.24) is 4.90 Å². The highest BCUT2D eigenvalue weighted by Crippen LogP contribution is 2.21. The van der Waals surface area contributed by atoms with Gasteiger partial charge in [0.2, 0.25) is 5.91 Å². The number of rotatable bonds is 7. The molecule has 104 valence electrons. The predicted octanol–water partition coefficient (Wildman–Crippen LogP) is 1.66. The van der Waals surface area contributed by atoms with Gasteiger partial charge >= 0.3 is 5.97 Å². The van der Waals surface area contributed by atoms with E-state index in [0.717, 1.165) is 32.2 Å². The van der Waals surface area contributed by atoms with Gasteiger partial charge in [-0.05, 0) is 32.1 Å². The fourth-order valence-corrected chi connectivity index (χ4v) is 2.31. The van der Waals surface area contributed by atoms with Gasteiger partial charge in [0.25, 0.3) is 0 Å². The fourth-order valence-electron chi connectivity index (χ4n) is 2.31. The van der Waals surface area contributed by atoms with Crippen LogP contribution >= 0.6 is 0 Å².